The number of aryl methyl sites for hydroxylation is 2. The number of hydrogen-bond donors (Lipinski definition) is 0. The predicted molar refractivity (Wildman–Crippen MR) is 90.6 cm³/mol. The Balaban J connectivity index is 1.62. The summed E-state index contributed by atoms with van der Waals surface area (Å²) in [6.07, 6.45) is 3.10. The van der Waals surface area contributed by atoms with E-state index in [-0.39, 0.29) is 19.3 Å². The summed E-state index contributed by atoms with van der Waals surface area (Å²) in [7, 11) is 0. The third kappa shape index (κ3) is 4.39. The molecule has 1 fully saturated rings. The van der Waals surface area contributed by atoms with Crippen LogP contribution in [0.4, 0.5) is 0 Å². The number of carbonyl (C=O) groups excluding carboxylic acids is 1. The molecule has 6 heteroatoms. The number of benzene rings is 1. The first-order valence-electron chi connectivity index (χ1n) is 8.57. The molecule has 0 spiro atoms. The molecule has 25 heavy (non-hydrogen) atoms. The van der Waals surface area contributed by atoms with E-state index in [4.69, 9.17) is 18.7 Å². The third-order valence-electron chi connectivity index (χ3n) is 4.33. The van der Waals surface area contributed by atoms with E-state index in [1.54, 1.807) is 18.2 Å². The molecular formula is C19H23NO5. The third-order valence-corrected chi connectivity index (χ3v) is 4.33. The minimum atomic E-state index is -0.400. The second-order valence-corrected chi connectivity index (χ2v) is 6.17. The number of para-hydroxylation sites is 1. The average Bonchev–Trinajstić information content (AvgIpc) is 2.97. The molecule has 1 aromatic heterocycles. The van der Waals surface area contributed by atoms with Crippen molar-refractivity contribution in [3.8, 4) is 5.75 Å². The summed E-state index contributed by atoms with van der Waals surface area (Å²) in [4.78, 5) is 12.4. The van der Waals surface area contributed by atoms with Crippen LogP contribution in [-0.4, -0.2) is 30.4 Å². The lowest BCUT2D eigenvalue weighted by molar-refractivity contribution is -0.0301. The topological polar surface area (TPSA) is 70.8 Å². The van der Waals surface area contributed by atoms with Crippen molar-refractivity contribution in [3.63, 3.8) is 0 Å². The first-order valence-corrected chi connectivity index (χ1v) is 8.57. The number of esters is 1. The van der Waals surface area contributed by atoms with Gasteiger partial charge in [-0.1, -0.05) is 17.3 Å². The van der Waals surface area contributed by atoms with Crippen molar-refractivity contribution in [2.75, 3.05) is 13.2 Å². The largest absolute Gasteiger partial charge is 0.488 e. The van der Waals surface area contributed by atoms with Gasteiger partial charge in [0.25, 0.3) is 0 Å². The SMILES string of the molecule is Cc1noc(C)c1COc1ccccc1C(=O)OCC1CCCCO1. The molecule has 1 aromatic carbocycles. The van der Waals surface area contributed by atoms with Crippen molar-refractivity contribution in [2.24, 2.45) is 0 Å². The Hall–Kier alpha value is -2.34. The van der Waals surface area contributed by atoms with E-state index < -0.39 is 5.97 Å². The standard InChI is InChI=1S/C19H23NO5/c1-13-17(14(2)25-20-13)12-23-18-9-4-3-8-16(18)19(21)24-11-15-7-5-6-10-22-15/h3-4,8-9,15H,5-7,10-12H2,1-2H3. The molecule has 1 atom stereocenters. The molecule has 1 aliphatic heterocycles. The Morgan fingerprint density at radius 2 is 2.12 bits per heavy atom. The molecule has 0 saturated carbocycles. The maximum Gasteiger partial charge on any atom is 0.342 e. The summed E-state index contributed by atoms with van der Waals surface area (Å²) < 4.78 is 22.0. The van der Waals surface area contributed by atoms with E-state index in [2.05, 4.69) is 5.16 Å². The fraction of sp³-hybridized carbons (Fsp3) is 0.474. The molecule has 1 aliphatic rings. The minimum absolute atomic E-state index is 0.00640. The molecule has 0 radical (unpaired) electrons. The van der Waals surface area contributed by atoms with Crippen LogP contribution < -0.4 is 4.74 Å². The molecule has 0 bridgehead atoms. The normalized spacial score (nSPS) is 17.3. The molecule has 3 rings (SSSR count). The predicted octanol–water partition coefficient (Wildman–Crippen LogP) is 3.60. The summed E-state index contributed by atoms with van der Waals surface area (Å²) in [5, 5.41) is 3.91. The highest BCUT2D eigenvalue weighted by atomic mass is 16.6. The zero-order valence-corrected chi connectivity index (χ0v) is 14.6. The van der Waals surface area contributed by atoms with Gasteiger partial charge in [0.2, 0.25) is 0 Å². The van der Waals surface area contributed by atoms with Gasteiger partial charge in [-0.3, -0.25) is 0 Å². The summed E-state index contributed by atoms with van der Waals surface area (Å²) in [6.45, 7) is 5.00. The van der Waals surface area contributed by atoms with Crippen molar-refractivity contribution in [3.05, 3.63) is 46.8 Å². The van der Waals surface area contributed by atoms with Crippen LogP contribution in [0.5, 0.6) is 5.75 Å². The second kappa shape index (κ2) is 8.16. The number of nitrogens with zero attached hydrogens (tertiary/aromatic N) is 1. The highest BCUT2D eigenvalue weighted by molar-refractivity contribution is 5.92. The van der Waals surface area contributed by atoms with Crippen LogP contribution in [0.3, 0.4) is 0 Å². The number of aromatic nitrogens is 1. The lowest BCUT2D eigenvalue weighted by atomic mass is 10.1. The lowest BCUT2D eigenvalue weighted by Gasteiger charge is -2.22. The van der Waals surface area contributed by atoms with E-state index >= 15 is 0 Å². The van der Waals surface area contributed by atoms with E-state index in [1.165, 1.54) is 0 Å². The summed E-state index contributed by atoms with van der Waals surface area (Å²) in [5.74, 6) is 0.799. The van der Waals surface area contributed by atoms with Gasteiger partial charge in [-0.05, 0) is 45.2 Å². The van der Waals surface area contributed by atoms with Gasteiger partial charge < -0.3 is 18.7 Å². The van der Waals surface area contributed by atoms with Crippen LogP contribution in [0, 0.1) is 13.8 Å². The Morgan fingerprint density at radius 1 is 1.28 bits per heavy atom. The van der Waals surface area contributed by atoms with Gasteiger partial charge in [0.1, 0.15) is 30.3 Å². The maximum absolute atomic E-state index is 12.4. The van der Waals surface area contributed by atoms with Crippen molar-refractivity contribution in [1.29, 1.82) is 0 Å². The molecule has 2 heterocycles. The summed E-state index contributed by atoms with van der Waals surface area (Å²) >= 11 is 0. The van der Waals surface area contributed by atoms with Crippen LogP contribution >= 0.6 is 0 Å². The highest BCUT2D eigenvalue weighted by Crippen LogP contribution is 2.23. The number of carbonyl (C=O) groups is 1. The fourth-order valence-electron chi connectivity index (χ4n) is 2.80. The molecule has 0 amide bonds. The van der Waals surface area contributed by atoms with Gasteiger partial charge in [0.15, 0.2) is 0 Å². The van der Waals surface area contributed by atoms with Gasteiger partial charge >= 0.3 is 5.97 Å². The zero-order valence-electron chi connectivity index (χ0n) is 14.6. The smallest absolute Gasteiger partial charge is 0.342 e. The number of ether oxygens (including phenoxy) is 3. The van der Waals surface area contributed by atoms with E-state index in [0.717, 1.165) is 37.1 Å². The Morgan fingerprint density at radius 3 is 2.84 bits per heavy atom. The fourth-order valence-corrected chi connectivity index (χ4v) is 2.80. The van der Waals surface area contributed by atoms with Crippen molar-refractivity contribution in [2.45, 2.75) is 45.8 Å². The number of rotatable bonds is 6. The quantitative estimate of drug-likeness (QED) is 0.745. The van der Waals surface area contributed by atoms with Gasteiger partial charge in [-0.2, -0.15) is 0 Å². The Labute approximate surface area is 147 Å². The first kappa shape index (κ1) is 17.5. The van der Waals surface area contributed by atoms with Crippen LogP contribution in [0.25, 0.3) is 0 Å². The van der Waals surface area contributed by atoms with E-state index in [1.807, 2.05) is 19.9 Å². The first-order chi connectivity index (χ1) is 12.1. The van der Waals surface area contributed by atoms with Gasteiger partial charge in [-0.15, -0.1) is 0 Å². The molecule has 0 aliphatic carbocycles. The maximum atomic E-state index is 12.4. The van der Waals surface area contributed by atoms with Crippen LogP contribution in [0.2, 0.25) is 0 Å². The van der Waals surface area contributed by atoms with Crippen LogP contribution in [-0.2, 0) is 16.1 Å². The summed E-state index contributed by atoms with van der Waals surface area (Å²) in [5.41, 5.74) is 2.08. The molecular weight excluding hydrogens is 322 g/mol. The summed E-state index contributed by atoms with van der Waals surface area (Å²) in [6, 6.07) is 7.07. The van der Waals surface area contributed by atoms with Gasteiger partial charge in [-0.25, -0.2) is 4.79 Å². The molecule has 134 valence electrons. The monoisotopic (exact) mass is 345 g/mol. The van der Waals surface area contributed by atoms with Crippen LogP contribution in [0.15, 0.2) is 28.8 Å². The molecule has 1 saturated heterocycles. The minimum Gasteiger partial charge on any atom is -0.488 e. The molecule has 6 nitrogen and oxygen atoms in total. The zero-order chi connectivity index (χ0) is 17.6. The van der Waals surface area contributed by atoms with Gasteiger partial charge in [0, 0.05) is 6.61 Å². The molecule has 2 aromatic rings. The Kier molecular flexibility index (Phi) is 5.71. The van der Waals surface area contributed by atoms with Crippen molar-refractivity contribution >= 4 is 5.97 Å². The van der Waals surface area contributed by atoms with E-state index in [9.17, 15) is 4.79 Å². The lowest BCUT2D eigenvalue weighted by Crippen LogP contribution is -2.26. The number of hydrogen-bond acceptors (Lipinski definition) is 6. The molecule has 0 N–H and O–H groups in total. The van der Waals surface area contributed by atoms with Crippen LogP contribution in [0.1, 0.15) is 46.6 Å². The molecule has 1 unspecified atom stereocenters. The second-order valence-electron chi connectivity index (χ2n) is 6.17. The van der Waals surface area contributed by atoms with E-state index in [0.29, 0.717) is 17.1 Å². The van der Waals surface area contributed by atoms with Crippen molar-refractivity contribution in [1.82, 2.24) is 5.16 Å². The average molecular weight is 345 g/mol. The van der Waals surface area contributed by atoms with Gasteiger partial charge in [0.05, 0.1) is 17.4 Å². The Bertz CT molecular complexity index is 699. The van der Waals surface area contributed by atoms with Crippen molar-refractivity contribution < 1.29 is 23.5 Å². The highest BCUT2D eigenvalue weighted by Gasteiger charge is 2.19.